The first-order valence-electron chi connectivity index (χ1n) is 43.5. The maximum Gasteiger partial charge on any atom is 0.305 e. The maximum absolute atomic E-state index is 13.3. The molecule has 4 bridgehead atoms. The van der Waals surface area contributed by atoms with E-state index < -0.39 is 0 Å². The summed E-state index contributed by atoms with van der Waals surface area (Å²) in [7, 11) is 1.56. The van der Waals surface area contributed by atoms with Crippen molar-refractivity contribution in [1.29, 1.82) is 0 Å². The lowest BCUT2D eigenvalue weighted by atomic mass is 9.66. The van der Waals surface area contributed by atoms with Crippen LogP contribution < -0.4 is 0 Å². The highest BCUT2D eigenvalue weighted by atomic mass is 16.5. The number of methoxy groups -OCH3 is 1. The van der Waals surface area contributed by atoms with Gasteiger partial charge in [0.25, 0.3) is 0 Å². The first kappa shape index (κ1) is 52.7. The molecular weight excluding hydrogens is 1390 g/mol. The predicted octanol–water partition coefficient (Wildman–Crippen LogP) is 26.2. The van der Waals surface area contributed by atoms with E-state index in [-0.39, 0.29) is 22.7 Å². The highest BCUT2D eigenvalue weighted by Crippen LogP contribution is 2.90. The molecule has 23 aromatic rings. The molecule has 0 N–H and O–H groups in total. The summed E-state index contributed by atoms with van der Waals surface area (Å²) in [6.45, 7) is 2.48. The number of fused-ring (bicyclic) bond motifs is 3. The van der Waals surface area contributed by atoms with Gasteiger partial charge in [-0.15, -0.1) is 0 Å². The summed E-state index contributed by atoms with van der Waals surface area (Å²) >= 11 is 0. The Labute approximate surface area is 652 Å². The minimum atomic E-state index is -0.312. The van der Waals surface area contributed by atoms with E-state index in [1.165, 1.54) is 49.7 Å². The van der Waals surface area contributed by atoms with Crippen LogP contribution in [0.25, 0.3) is 250 Å². The van der Waals surface area contributed by atoms with Crippen LogP contribution >= 0.6 is 0 Å². The van der Waals surface area contributed by atoms with E-state index in [2.05, 4.69) is 134 Å². The molecule has 0 aromatic heterocycles. The molecule has 23 aromatic carbocycles. The van der Waals surface area contributed by atoms with Gasteiger partial charge in [-0.1, -0.05) is 127 Å². The highest BCUT2D eigenvalue weighted by Gasteiger charge is 2.83. The minimum Gasteiger partial charge on any atom is -0.469 e. The first-order chi connectivity index (χ1) is 56.9. The van der Waals surface area contributed by atoms with Crippen molar-refractivity contribution in [3.63, 3.8) is 0 Å². The molecule has 2 nitrogen and oxygen atoms in total. The quantitative estimate of drug-likeness (QED) is 0.0975. The first-order valence-corrected chi connectivity index (χ1v) is 43.5. The van der Waals surface area contributed by atoms with Gasteiger partial charge in [0.1, 0.15) is 0 Å². The van der Waals surface area contributed by atoms with Gasteiger partial charge in [-0.05, 0) is 460 Å². The zero-order valence-corrected chi connectivity index (χ0v) is 62.6. The molecule has 0 saturated heterocycles. The third-order valence-corrected chi connectivity index (χ3v) is 37.4. The number of rotatable bonds is 5. The van der Waals surface area contributed by atoms with E-state index in [9.17, 15) is 4.79 Å². The van der Waals surface area contributed by atoms with E-state index in [1.54, 1.807) is 346 Å². The second kappa shape index (κ2) is 14.8. The van der Waals surface area contributed by atoms with Crippen LogP contribution in [0, 0.1) is 18.8 Å². The molecule has 0 radical (unpaired) electrons. The van der Waals surface area contributed by atoms with Crippen LogP contribution in [0.2, 0.25) is 0 Å². The Morgan fingerprint density at radius 2 is 0.696 bits per heavy atom. The van der Waals surface area contributed by atoms with Gasteiger partial charge in [0, 0.05) is 46.8 Å². The van der Waals surface area contributed by atoms with Crippen molar-refractivity contribution in [3.8, 4) is 33.4 Å². The van der Waals surface area contributed by atoms with Crippen molar-refractivity contribution in [1.82, 2.24) is 0 Å². The second-order valence-corrected chi connectivity index (χ2v) is 40.4. The van der Waals surface area contributed by atoms with E-state index in [1.807, 2.05) is 0 Å². The lowest BCUT2D eigenvalue weighted by Crippen LogP contribution is -2.26. The molecular formula is C113H54O2. The average molecular weight is 1440 g/mol. The molecule has 18 aliphatic carbocycles. The Bertz CT molecular complexity index is 9500. The second-order valence-electron chi connectivity index (χ2n) is 40.4. The topological polar surface area (TPSA) is 26.3 Å². The zero-order chi connectivity index (χ0) is 71.8. The Morgan fingerprint density at radius 3 is 1.18 bits per heavy atom. The fourth-order valence-electron chi connectivity index (χ4n) is 35.3. The molecule has 41 rings (SSSR count). The summed E-state index contributed by atoms with van der Waals surface area (Å²) in [4.78, 5) is 13.3. The number of carbonyl (C=O) groups excluding carboxylic acids is 1. The number of benzene rings is 21. The van der Waals surface area contributed by atoms with Crippen LogP contribution in [-0.4, -0.2) is 13.1 Å². The van der Waals surface area contributed by atoms with Crippen molar-refractivity contribution < 1.29 is 9.53 Å². The van der Waals surface area contributed by atoms with Crippen LogP contribution in [0.5, 0.6) is 0 Å². The maximum atomic E-state index is 13.3. The molecule has 1 fully saturated rings. The lowest BCUT2D eigenvalue weighted by Gasteiger charge is -2.36. The summed E-state index contributed by atoms with van der Waals surface area (Å²) < 4.78 is 5.41. The van der Waals surface area contributed by atoms with Crippen molar-refractivity contribution in [2.24, 2.45) is 11.8 Å². The van der Waals surface area contributed by atoms with Gasteiger partial charge in [0.15, 0.2) is 0 Å². The smallest absolute Gasteiger partial charge is 0.305 e. The van der Waals surface area contributed by atoms with Crippen molar-refractivity contribution in [2.45, 2.75) is 106 Å². The van der Waals surface area contributed by atoms with Gasteiger partial charge in [-0.25, -0.2) is 0 Å². The molecule has 0 aliphatic heterocycles. The molecule has 1 saturated carbocycles. The van der Waals surface area contributed by atoms with E-state index in [4.69, 9.17) is 4.74 Å². The van der Waals surface area contributed by atoms with Crippen LogP contribution in [0.4, 0.5) is 0 Å². The molecule has 0 amide bonds. The SMILES string of the molecule is C1=C2Cc3cc4c5c6c3c2c2c3c7c8c9c%10c(cc%11c%12c%10c7c7c%10c%12c%12c(ccc%13c%14ccc(c%15c%14c(c%13%12)c%10c(c5%15)c7c36)C4)C%11)CC9=CC1C28.COC(=O)CCCC1(c2ccccc2)C2c3c4ccc5c3-c3c6c7c8c(c9c%10c(cc%11c%12c%13c%14c(c%15c%16c%17c%18c(cc(c3c%18c%157)C5)CC%17=CC(C=C%13C%11)C%14%16)c8c%12%10)Cc3ccc-4c(C)c3-9)C621. The van der Waals surface area contributed by atoms with Gasteiger partial charge in [-0.2, -0.15) is 0 Å². The summed E-state index contributed by atoms with van der Waals surface area (Å²) in [5, 5.41) is 58.1. The molecule has 5 unspecified atom stereocenters. The third-order valence-electron chi connectivity index (χ3n) is 37.4. The fraction of sp³-hybridized carbons (Fsp3) is 0.177. The third kappa shape index (κ3) is 4.26. The summed E-state index contributed by atoms with van der Waals surface area (Å²) in [6, 6.07) is 42.9. The molecule has 5 atom stereocenters. The minimum absolute atomic E-state index is 0.0980. The summed E-state index contributed by atoms with van der Waals surface area (Å²) in [5.41, 5.74) is 55.0. The lowest BCUT2D eigenvalue weighted by molar-refractivity contribution is -0.140. The summed E-state index contributed by atoms with van der Waals surface area (Å²) in [6.07, 6.45) is 21.6. The van der Waals surface area contributed by atoms with Crippen LogP contribution in [0.15, 0.2) is 127 Å². The number of allylic oxidation sites excluding steroid dienone is 8. The molecule has 0 heterocycles. The number of ether oxygens (including phenoxy) is 1. The van der Waals surface area contributed by atoms with Crippen LogP contribution in [0.1, 0.15) is 176 Å². The van der Waals surface area contributed by atoms with Crippen molar-refractivity contribution in [3.05, 3.63) is 267 Å². The Hall–Kier alpha value is -12.5. The number of hydrogen-bond donors (Lipinski definition) is 0. The average Bonchev–Trinajstić information content (AvgIpc) is 1.41. The van der Waals surface area contributed by atoms with Crippen molar-refractivity contribution in [2.75, 3.05) is 7.11 Å². The van der Waals surface area contributed by atoms with Gasteiger partial charge >= 0.3 is 5.97 Å². The number of esters is 1. The van der Waals surface area contributed by atoms with Gasteiger partial charge in [0.2, 0.25) is 0 Å². The fourth-order valence-corrected chi connectivity index (χ4v) is 35.3. The van der Waals surface area contributed by atoms with E-state index in [0.717, 1.165) is 64.2 Å². The van der Waals surface area contributed by atoms with Gasteiger partial charge < -0.3 is 4.74 Å². The van der Waals surface area contributed by atoms with Crippen molar-refractivity contribution >= 4 is 222 Å². The van der Waals surface area contributed by atoms with Gasteiger partial charge in [0.05, 0.1) is 7.11 Å². The Kier molecular flexibility index (Phi) is 6.77. The van der Waals surface area contributed by atoms with Crippen LogP contribution in [0.3, 0.4) is 0 Å². The number of carbonyl (C=O) groups is 1. The molecule has 18 aliphatic rings. The number of hydrogen-bond acceptors (Lipinski definition) is 2. The van der Waals surface area contributed by atoms with Gasteiger partial charge in [-0.3, -0.25) is 4.79 Å². The monoisotopic (exact) mass is 1440 g/mol. The van der Waals surface area contributed by atoms with Crippen LogP contribution in [-0.2, 0) is 71.7 Å². The molecule has 1 spiro atoms. The predicted molar refractivity (Wildman–Crippen MR) is 469 cm³/mol. The largest absolute Gasteiger partial charge is 0.469 e. The normalized spacial score (nSPS) is 23.8. The summed E-state index contributed by atoms with van der Waals surface area (Å²) in [5.74, 6) is 1.87. The Balaban J connectivity index is 0.000000104. The molecule has 115 heavy (non-hydrogen) atoms. The Morgan fingerprint density at radius 1 is 0.330 bits per heavy atom. The molecule has 2 heteroatoms. The highest BCUT2D eigenvalue weighted by molar-refractivity contribution is 6.66. The van der Waals surface area contributed by atoms with E-state index >= 15 is 0 Å². The standard InChI is InChI=1S/C63H36O2.C50H18/c1-23-34-12-10-24-15-26-17-28-19-30-21-32-22-31-20-29-18-27-16-25-11-13-35(34)46-38(25)56-45(27)50-42(29)40(31)48-43(32)47-39(30)41(28)49-44(26)55(37(23)24)59-57-53(49)51(47)52(48)54(50)58(57)60(56)63(59)61(46)62(63,14-6-9-36(64)65-2)33-7-4-3-5-8-33;1-3-22-23-4-2-14-6-16-8-18-10-20-12-21-11-19-9-17-7-15-5-13(1)24-33(22)41-34(23)25(14)36-31(16)38-27(18)29(20)40-32(21)39-28(19)26(17)37-30(15)35(24)42-48(41)43(36)50-47(38)45(40)44(39)46(37)49(42)50/h3-5,7-8,10-13,17-18,21-22,32,43,61H,6,9,14-16,19-20H2,1-2H3;1-4,7-8,11-12,21,32H,5-6,9-10H2. The van der Waals surface area contributed by atoms with E-state index in [0.29, 0.717) is 30.1 Å². The zero-order valence-electron chi connectivity index (χ0n) is 62.6. The molecule has 518 valence electrons.